The SMILES string of the molecule is Cc1cc(Nc2ccc(F)cn2)cc(C2CCN(S(=O)(=O)c3c(C)noc3C)CC2)n1. The maximum atomic E-state index is 13.1. The predicted molar refractivity (Wildman–Crippen MR) is 113 cm³/mol. The number of nitrogens with zero attached hydrogens (tertiary/aromatic N) is 4. The first kappa shape index (κ1) is 21.4. The zero-order chi connectivity index (χ0) is 22.2. The molecule has 4 rings (SSSR count). The average Bonchev–Trinajstić information content (AvgIpc) is 3.08. The summed E-state index contributed by atoms with van der Waals surface area (Å²) in [6.07, 6.45) is 2.48. The first-order valence-corrected chi connectivity index (χ1v) is 11.5. The third-order valence-electron chi connectivity index (χ3n) is 5.41. The smallest absolute Gasteiger partial charge is 0.248 e. The lowest BCUT2D eigenvalue weighted by molar-refractivity contribution is 0.316. The van der Waals surface area contributed by atoms with Gasteiger partial charge in [0, 0.05) is 36.1 Å². The maximum Gasteiger partial charge on any atom is 0.248 e. The fourth-order valence-electron chi connectivity index (χ4n) is 3.94. The van der Waals surface area contributed by atoms with E-state index in [-0.39, 0.29) is 10.8 Å². The van der Waals surface area contributed by atoms with Gasteiger partial charge in [-0.15, -0.1) is 0 Å². The predicted octanol–water partition coefficient (Wildman–Crippen LogP) is 3.84. The molecule has 0 spiro atoms. The zero-order valence-corrected chi connectivity index (χ0v) is 18.4. The van der Waals surface area contributed by atoms with Crippen LogP contribution >= 0.6 is 0 Å². The van der Waals surface area contributed by atoms with Crippen LogP contribution in [0.5, 0.6) is 0 Å². The highest BCUT2D eigenvalue weighted by atomic mass is 32.2. The Bertz CT molecular complexity index is 1170. The van der Waals surface area contributed by atoms with Crippen LogP contribution in [0.3, 0.4) is 0 Å². The fraction of sp³-hybridized carbons (Fsp3) is 0.381. The van der Waals surface area contributed by atoms with Gasteiger partial charge < -0.3 is 9.84 Å². The van der Waals surface area contributed by atoms with E-state index >= 15 is 0 Å². The Labute approximate surface area is 180 Å². The summed E-state index contributed by atoms with van der Waals surface area (Å²) in [6, 6.07) is 6.76. The number of rotatable bonds is 5. The van der Waals surface area contributed by atoms with Crippen molar-refractivity contribution in [2.45, 2.75) is 44.4 Å². The molecular weight excluding hydrogens is 421 g/mol. The lowest BCUT2D eigenvalue weighted by atomic mass is 9.93. The number of halogens is 1. The van der Waals surface area contributed by atoms with E-state index in [0.717, 1.165) is 23.3 Å². The number of hydrogen-bond donors (Lipinski definition) is 1. The molecule has 0 amide bonds. The van der Waals surface area contributed by atoms with Crippen molar-refractivity contribution in [2.24, 2.45) is 0 Å². The molecule has 1 N–H and O–H groups in total. The minimum absolute atomic E-state index is 0.137. The van der Waals surface area contributed by atoms with Gasteiger partial charge in [-0.2, -0.15) is 4.31 Å². The van der Waals surface area contributed by atoms with Gasteiger partial charge >= 0.3 is 0 Å². The molecule has 1 fully saturated rings. The third-order valence-corrected chi connectivity index (χ3v) is 7.55. The summed E-state index contributed by atoms with van der Waals surface area (Å²) in [5.41, 5.74) is 2.93. The molecule has 1 aliphatic heterocycles. The Morgan fingerprint density at radius 1 is 1.16 bits per heavy atom. The number of aromatic nitrogens is 3. The van der Waals surface area contributed by atoms with Crippen LogP contribution in [0.4, 0.5) is 15.9 Å². The highest BCUT2D eigenvalue weighted by Crippen LogP contribution is 2.33. The van der Waals surface area contributed by atoms with Crippen LogP contribution in [-0.2, 0) is 10.0 Å². The van der Waals surface area contributed by atoms with Crippen molar-refractivity contribution >= 4 is 21.5 Å². The molecule has 3 aromatic rings. The van der Waals surface area contributed by atoms with Crippen LogP contribution in [0, 0.1) is 26.6 Å². The van der Waals surface area contributed by atoms with Crippen molar-refractivity contribution in [3.8, 4) is 0 Å². The molecular formula is C21H24FN5O3S. The fourth-order valence-corrected chi connectivity index (χ4v) is 5.70. The van der Waals surface area contributed by atoms with E-state index in [2.05, 4.69) is 20.4 Å². The number of anilines is 2. The highest BCUT2D eigenvalue weighted by molar-refractivity contribution is 7.89. The molecule has 1 aliphatic rings. The zero-order valence-electron chi connectivity index (χ0n) is 17.6. The summed E-state index contributed by atoms with van der Waals surface area (Å²) in [6.45, 7) is 5.95. The van der Waals surface area contributed by atoms with E-state index in [9.17, 15) is 12.8 Å². The van der Waals surface area contributed by atoms with Gasteiger partial charge in [0.05, 0.1) is 6.20 Å². The van der Waals surface area contributed by atoms with Crippen LogP contribution in [0.15, 0.2) is 39.9 Å². The van der Waals surface area contributed by atoms with Crippen molar-refractivity contribution in [3.05, 3.63) is 59.1 Å². The van der Waals surface area contributed by atoms with Gasteiger partial charge in [0.25, 0.3) is 0 Å². The molecule has 31 heavy (non-hydrogen) atoms. The van der Waals surface area contributed by atoms with Crippen LogP contribution in [0.1, 0.15) is 41.6 Å². The summed E-state index contributed by atoms with van der Waals surface area (Å²) in [7, 11) is -3.64. The number of nitrogens with one attached hydrogen (secondary N) is 1. The van der Waals surface area contributed by atoms with E-state index in [4.69, 9.17) is 4.52 Å². The van der Waals surface area contributed by atoms with Crippen molar-refractivity contribution in [3.63, 3.8) is 0 Å². The molecule has 3 aromatic heterocycles. The van der Waals surface area contributed by atoms with E-state index in [1.165, 1.54) is 10.4 Å². The van der Waals surface area contributed by atoms with Crippen molar-refractivity contribution in [1.29, 1.82) is 0 Å². The number of hydrogen-bond acceptors (Lipinski definition) is 7. The van der Waals surface area contributed by atoms with Gasteiger partial charge in [0.15, 0.2) is 5.76 Å². The molecule has 1 saturated heterocycles. The molecule has 164 valence electrons. The first-order valence-electron chi connectivity index (χ1n) is 10.0. The maximum absolute atomic E-state index is 13.1. The second-order valence-electron chi connectivity index (χ2n) is 7.74. The summed E-state index contributed by atoms with van der Waals surface area (Å²) in [5, 5.41) is 6.95. The van der Waals surface area contributed by atoms with Crippen LogP contribution < -0.4 is 5.32 Å². The summed E-state index contributed by atoms with van der Waals surface area (Å²) in [4.78, 5) is 8.86. The monoisotopic (exact) mass is 445 g/mol. The molecule has 0 atom stereocenters. The van der Waals surface area contributed by atoms with Gasteiger partial charge in [0.1, 0.15) is 22.2 Å². The van der Waals surface area contributed by atoms with E-state index in [1.807, 2.05) is 19.1 Å². The Morgan fingerprint density at radius 2 is 1.90 bits per heavy atom. The number of sulfonamides is 1. The summed E-state index contributed by atoms with van der Waals surface area (Å²) in [5.74, 6) is 0.594. The second-order valence-corrected chi connectivity index (χ2v) is 9.62. The van der Waals surface area contributed by atoms with Crippen LogP contribution in [-0.4, -0.2) is 40.9 Å². The Balaban J connectivity index is 1.48. The van der Waals surface area contributed by atoms with Crippen LogP contribution in [0.25, 0.3) is 0 Å². The van der Waals surface area contributed by atoms with E-state index < -0.39 is 15.8 Å². The van der Waals surface area contributed by atoms with Crippen molar-refractivity contribution < 1.29 is 17.3 Å². The minimum atomic E-state index is -3.64. The van der Waals surface area contributed by atoms with E-state index in [1.54, 1.807) is 19.9 Å². The Morgan fingerprint density at radius 3 is 2.52 bits per heavy atom. The highest BCUT2D eigenvalue weighted by Gasteiger charge is 2.34. The standard InChI is InChI=1S/C21H24FN5O3S/c1-13-10-18(25-20-5-4-17(22)12-23-20)11-19(24-13)16-6-8-27(9-7-16)31(28,29)21-14(2)26-30-15(21)3/h4-5,10-12,16H,6-9H2,1-3H3,(H,23,24,25). The molecule has 0 aliphatic carbocycles. The number of pyridine rings is 2. The van der Waals surface area contributed by atoms with Gasteiger partial charge in [0.2, 0.25) is 10.0 Å². The molecule has 0 saturated carbocycles. The van der Waals surface area contributed by atoms with Crippen molar-refractivity contribution in [2.75, 3.05) is 18.4 Å². The first-order chi connectivity index (χ1) is 14.7. The Hall–Kier alpha value is -2.85. The van der Waals surface area contributed by atoms with E-state index in [0.29, 0.717) is 43.2 Å². The number of piperidine rings is 1. The van der Waals surface area contributed by atoms with Gasteiger partial charge in [-0.1, -0.05) is 5.16 Å². The number of aryl methyl sites for hydroxylation is 3. The summed E-state index contributed by atoms with van der Waals surface area (Å²) >= 11 is 0. The molecule has 0 bridgehead atoms. The molecule has 10 heteroatoms. The topological polar surface area (TPSA) is 101 Å². The lowest BCUT2D eigenvalue weighted by Gasteiger charge is -2.31. The minimum Gasteiger partial charge on any atom is -0.360 e. The average molecular weight is 446 g/mol. The van der Waals surface area contributed by atoms with Crippen LogP contribution in [0.2, 0.25) is 0 Å². The molecule has 4 heterocycles. The van der Waals surface area contributed by atoms with Gasteiger partial charge in [-0.25, -0.2) is 17.8 Å². The second kappa shape index (κ2) is 8.35. The summed E-state index contributed by atoms with van der Waals surface area (Å²) < 4.78 is 45.7. The normalized spacial score (nSPS) is 15.9. The lowest BCUT2D eigenvalue weighted by Crippen LogP contribution is -2.38. The molecule has 0 unspecified atom stereocenters. The molecule has 8 nitrogen and oxygen atoms in total. The Kier molecular flexibility index (Phi) is 5.76. The van der Waals surface area contributed by atoms with Crippen molar-refractivity contribution in [1.82, 2.24) is 19.4 Å². The third kappa shape index (κ3) is 4.45. The van der Waals surface area contributed by atoms with Gasteiger partial charge in [-0.05, 0) is 57.9 Å². The molecule has 0 aromatic carbocycles. The quantitative estimate of drug-likeness (QED) is 0.637. The molecule has 0 radical (unpaired) electrons. The van der Waals surface area contributed by atoms with Gasteiger partial charge in [-0.3, -0.25) is 4.98 Å². The largest absolute Gasteiger partial charge is 0.360 e.